The normalized spacial score (nSPS) is 11.0. The predicted molar refractivity (Wildman–Crippen MR) is 116 cm³/mol. The first-order valence-electron chi connectivity index (χ1n) is 10.2. The van der Waals surface area contributed by atoms with Gasteiger partial charge < -0.3 is 14.6 Å². The Kier molecular flexibility index (Phi) is 6.39. The number of nitrogens with zero attached hydrogens (tertiary/aromatic N) is 3. The fraction of sp³-hybridized carbons (Fsp3) is 0.208. The summed E-state index contributed by atoms with van der Waals surface area (Å²) in [6.07, 6.45) is 2.27. The number of ether oxygens (including phenoxy) is 1. The summed E-state index contributed by atoms with van der Waals surface area (Å²) in [5.74, 6) is -0.493. The van der Waals surface area contributed by atoms with Gasteiger partial charge in [-0.3, -0.25) is 4.79 Å². The number of carbonyl (C=O) groups excluding carboxylic acids is 1. The van der Waals surface area contributed by atoms with Gasteiger partial charge in [-0.25, -0.2) is 18.7 Å². The monoisotopic (exact) mass is 436 g/mol. The molecule has 0 unspecified atom stereocenters. The molecule has 2 aromatic carbocycles. The highest BCUT2D eigenvalue weighted by Gasteiger charge is 2.14. The number of aromatic nitrogens is 3. The number of fused-ring (bicyclic) bond motifs is 1. The fourth-order valence-corrected chi connectivity index (χ4v) is 3.44. The van der Waals surface area contributed by atoms with Crippen LogP contribution >= 0.6 is 0 Å². The van der Waals surface area contributed by atoms with E-state index < -0.39 is 11.6 Å². The van der Waals surface area contributed by atoms with E-state index in [1.165, 1.54) is 6.07 Å². The van der Waals surface area contributed by atoms with Crippen LogP contribution in [-0.4, -0.2) is 27.6 Å². The van der Waals surface area contributed by atoms with E-state index in [4.69, 9.17) is 4.74 Å². The van der Waals surface area contributed by atoms with Gasteiger partial charge in [0, 0.05) is 25.6 Å². The summed E-state index contributed by atoms with van der Waals surface area (Å²) >= 11 is 0. The SMILES string of the molecule is COc1ccc(CNC(=O)CCc2nc3cccnc3n2Cc2ccc(F)c(F)c2)cc1. The Labute approximate surface area is 183 Å². The van der Waals surface area contributed by atoms with E-state index in [-0.39, 0.29) is 18.9 Å². The minimum Gasteiger partial charge on any atom is -0.497 e. The van der Waals surface area contributed by atoms with Crippen molar-refractivity contribution in [1.82, 2.24) is 19.9 Å². The molecular formula is C24H22F2N4O2. The Morgan fingerprint density at radius 1 is 1.06 bits per heavy atom. The number of carbonyl (C=O) groups is 1. The van der Waals surface area contributed by atoms with E-state index in [9.17, 15) is 13.6 Å². The molecule has 4 rings (SSSR count). The van der Waals surface area contributed by atoms with Gasteiger partial charge in [0.05, 0.1) is 13.7 Å². The summed E-state index contributed by atoms with van der Waals surface area (Å²) in [7, 11) is 1.60. The molecule has 1 N–H and O–H groups in total. The fourth-order valence-electron chi connectivity index (χ4n) is 3.44. The van der Waals surface area contributed by atoms with Crippen molar-refractivity contribution >= 4 is 17.1 Å². The van der Waals surface area contributed by atoms with Crippen LogP contribution in [-0.2, 0) is 24.3 Å². The molecule has 0 aliphatic carbocycles. The minimum absolute atomic E-state index is 0.111. The number of aryl methyl sites for hydroxylation is 1. The van der Waals surface area contributed by atoms with Crippen LogP contribution in [0, 0.1) is 11.6 Å². The molecule has 8 heteroatoms. The quantitative estimate of drug-likeness (QED) is 0.453. The number of methoxy groups -OCH3 is 1. The Hall–Kier alpha value is -3.81. The lowest BCUT2D eigenvalue weighted by Gasteiger charge is -2.10. The van der Waals surface area contributed by atoms with E-state index in [1.54, 1.807) is 19.4 Å². The summed E-state index contributed by atoms with van der Waals surface area (Å²) in [4.78, 5) is 21.4. The zero-order valence-corrected chi connectivity index (χ0v) is 17.5. The average molecular weight is 436 g/mol. The Balaban J connectivity index is 1.45. The molecule has 0 bridgehead atoms. The molecule has 0 fully saturated rings. The van der Waals surface area contributed by atoms with Gasteiger partial charge >= 0.3 is 0 Å². The number of pyridine rings is 1. The molecule has 0 aliphatic heterocycles. The van der Waals surface area contributed by atoms with Gasteiger partial charge in [0.25, 0.3) is 0 Å². The third-order valence-electron chi connectivity index (χ3n) is 5.13. The summed E-state index contributed by atoms with van der Waals surface area (Å²) in [6.45, 7) is 0.684. The van der Waals surface area contributed by atoms with Crippen LogP contribution in [0.1, 0.15) is 23.4 Å². The van der Waals surface area contributed by atoms with Crippen LogP contribution in [0.15, 0.2) is 60.8 Å². The van der Waals surface area contributed by atoms with E-state index in [2.05, 4.69) is 15.3 Å². The standard InChI is InChI=1S/C24H22F2N4O2/c1-32-18-7-4-16(5-8-18)14-28-23(31)11-10-22-29-21-3-2-12-27-24(21)30(22)15-17-6-9-19(25)20(26)13-17/h2-9,12-13H,10-11,14-15H2,1H3,(H,28,31). The van der Waals surface area contributed by atoms with Crippen LogP contribution in [0.5, 0.6) is 5.75 Å². The first-order valence-corrected chi connectivity index (χ1v) is 10.2. The van der Waals surface area contributed by atoms with Crippen LogP contribution < -0.4 is 10.1 Å². The minimum atomic E-state index is -0.903. The summed E-state index contributed by atoms with van der Waals surface area (Å²) in [5, 5.41) is 2.90. The van der Waals surface area contributed by atoms with Gasteiger partial charge in [0.1, 0.15) is 17.1 Å². The van der Waals surface area contributed by atoms with Crippen LogP contribution in [0.3, 0.4) is 0 Å². The lowest BCUT2D eigenvalue weighted by atomic mass is 10.2. The molecular weight excluding hydrogens is 414 g/mol. The summed E-state index contributed by atoms with van der Waals surface area (Å²) in [6, 6.07) is 14.9. The third-order valence-corrected chi connectivity index (χ3v) is 5.13. The Morgan fingerprint density at radius 2 is 1.84 bits per heavy atom. The summed E-state index contributed by atoms with van der Waals surface area (Å²) in [5.41, 5.74) is 2.86. The molecule has 6 nitrogen and oxygen atoms in total. The molecule has 164 valence electrons. The van der Waals surface area contributed by atoms with E-state index >= 15 is 0 Å². The van der Waals surface area contributed by atoms with Gasteiger partial charge in [0.15, 0.2) is 17.3 Å². The van der Waals surface area contributed by atoms with E-state index in [0.29, 0.717) is 35.5 Å². The molecule has 0 aliphatic rings. The van der Waals surface area contributed by atoms with E-state index in [1.807, 2.05) is 34.9 Å². The molecule has 0 radical (unpaired) electrons. The number of halogens is 2. The first-order chi connectivity index (χ1) is 15.5. The number of amides is 1. The molecule has 2 heterocycles. The molecule has 0 atom stereocenters. The molecule has 2 aromatic heterocycles. The largest absolute Gasteiger partial charge is 0.497 e. The summed E-state index contributed by atoms with van der Waals surface area (Å²) < 4.78 is 33.9. The smallest absolute Gasteiger partial charge is 0.220 e. The lowest BCUT2D eigenvalue weighted by molar-refractivity contribution is -0.121. The maximum atomic E-state index is 13.7. The third kappa shape index (κ3) is 4.91. The van der Waals surface area contributed by atoms with Crippen molar-refractivity contribution in [2.45, 2.75) is 25.9 Å². The second-order valence-corrected chi connectivity index (χ2v) is 7.33. The van der Waals surface area contributed by atoms with Gasteiger partial charge in [-0.2, -0.15) is 0 Å². The second kappa shape index (κ2) is 9.55. The number of rotatable bonds is 8. The van der Waals surface area contributed by atoms with E-state index in [0.717, 1.165) is 23.4 Å². The van der Waals surface area contributed by atoms with Gasteiger partial charge in [0.2, 0.25) is 5.91 Å². The Bertz CT molecular complexity index is 1240. The van der Waals surface area contributed by atoms with Crippen molar-refractivity contribution in [3.8, 4) is 5.75 Å². The highest BCUT2D eigenvalue weighted by Crippen LogP contribution is 2.18. The number of benzene rings is 2. The second-order valence-electron chi connectivity index (χ2n) is 7.33. The van der Waals surface area contributed by atoms with Gasteiger partial charge in [-0.15, -0.1) is 0 Å². The number of hydrogen-bond acceptors (Lipinski definition) is 4. The molecule has 4 aromatic rings. The van der Waals surface area contributed by atoms with Gasteiger partial charge in [-0.1, -0.05) is 18.2 Å². The zero-order chi connectivity index (χ0) is 22.5. The average Bonchev–Trinajstić information content (AvgIpc) is 3.16. The molecule has 0 saturated heterocycles. The number of imidazole rings is 1. The number of nitrogens with one attached hydrogen (secondary N) is 1. The highest BCUT2D eigenvalue weighted by atomic mass is 19.2. The topological polar surface area (TPSA) is 69.0 Å². The number of hydrogen-bond donors (Lipinski definition) is 1. The van der Waals surface area contributed by atoms with Crippen molar-refractivity contribution in [3.63, 3.8) is 0 Å². The van der Waals surface area contributed by atoms with Crippen molar-refractivity contribution in [2.75, 3.05) is 7.11 Å². The molecule has 0 spiro atoms. The maximum absolute atomic E-state index is 13.7. The van der Waals surface area contributed by atoms with Crippen molar-refractivity contribution in [3.05, 3.63) is 89.4 Å². The maximum Gasteiger partial charge on any atom is 0.220 e. The zero-order valence-electron chi connectivity index (χ0n) is 17.5. The highest BCUT2D eigenvalue weighted by molar-refractivity contribution is 5.76. The van der Waals surface area contributed by atoms with Crippen LogP contribution in [0.2, 0.25) is 0 Å². The van der Waals surface area contributed by atoms with Crippen molar-refractivity contribution < 1.29 is 18.3 Å². The Morgan fingerprint density at radius 3 is 2.59 bits per heavy atom. The molecule has 32 heavy (non-hydrogen) atoms. The van der Waals surface area contributed by atoms with Crippen LogP contribution in [0.25, 0.3) is 11.2 Å². The van der Waals surface area contributed by atoms with Crippen molar-refractivity contribution in [1.29, 1.82) is 0 Å². The first kappa shape index (κ1) is 21.4. The van der Waals surface area contributed by atoms with Crippen molar-refractivity contribution in [2.24, 2.45) is 0 Å². The molecule has 0 saturated carbocycles. The lowest BCUT2D eigenvalue weighted by Crippen LogP contribution is -2.23. The van der Waals surface area contributed by atoms with Gasteiger partial charge in [-0.05, 0) is 47.5 Å². The van der Waals surface area contributed by atoms with Crippen LogP contribution in [0.4, 0.5) is 8.78 Å². The predicted octanol–water partition coefficient (Wildman–Crippen LogP) is 4.02. The molecule has 1 amide bonds.